The number of carbonyl (C=O) groups excluding carboxylic acids is 1. The highest BCUT2D eigenvalue weighted by Gasteiger charge is 2.36. The maximum Gasteiger partial charge on any atom is 0.234 e. The SMILES string of the molecule is CCC(C)NC(=O)CNCC1(OC)CCC1. The van der Waals surface area contributed by atoms with Crippen LogP contribution in [0.2, 0.25) is 0 Å². The summed E-state index contributed by atoms with van der Waals surface area (Å²) in [6.07, 6.45) is 4.40. The number of carbonyl (C=O) groups is 1. The smallest absolute Gasteiger partial charge is 0.234 e. The van der Waals surface area contributed by atoms with Gasteiger partial charge >= 0.3 is 0 Å². The summed E-state index contributed by atoms with van der Waals surface area (Å²) in [4.78, 5) is 11.5. The molecule has 0 spiro atoms. The van der Waals surface area contributed by atoms with Crippen LogP contribution in [0.4, 0.5) is 0 Å². The number of hydrogen-bond acceptors (Lipinski definition) is 3. The second-order valence-electron chi connectivity index (χ2n) is 4.72. The van der Waals surface area contributed by atoms with Gasteiger partial charge in [0.1, 0.15) is 0 Å². The monoisotopic (exact) mass is 228 g/mol. The molecule has 16 heavy (non-hydrogen) atoms. The molecular weight excluding hydrogens is 204 g/mol. The molecule has 0 saturated heterocycles. The number of ether oxygens (including phenoxy) is 1. The van der Waals surface area contributed by atoms with Crippen LogP contribution < -0.4 is 10.6 Å². The highest BCUT2D eigenvalue weighted by molar-refractivity contribution is 5.78. The molecule has 4 nitrogen and oxygen atoms in total. The molecule has 0 aliphatic heterocycles. The normalized spacial score (nSPS) is 19.9. The molecule has 2 N–H and O–H groups in total. The van der Waals surface area contributed by atoms with Crippen LogP contribution >= 0.6 is 0 Å². The van der Waals surface area contributed by atoms with Gasteiger partial charge in [0.15, 0.2) is 0 Å². The lowest BCUT2D eigenvalue weighted by atomic mass is 9.80. The third-order valence-electron chi connectivity index (χ3n) is 3.45. The fourth-order valence-electron chi connectivity index (χ4n) is 1.86. The van der Waals surface area contributed by atoms with E-state index in [9.17, 15) is 4.79 Å². The standard InChI is InChI=1S/C12H24N2O2/c1-4-10(2)14-11(15)8-13-9-12(16-3)6-5-7-12/h10,13H,4-9H2,1-3H3,(H,14,15). The first-order valence-electron chi connectivity index (χ1n) is 6.17. The Morgan fingerprint density at radius 2 is 2.19 bits per heavy atom. The Hall–Kier alpha value is -0.610. The van der Waals surface area contributed by atoms with E-state index in [0.29, 0.717) is 6.54 Å². The van der Waals surface area contributed by atoms with Gasteiger partial charge in [-0.2, -0.15) is 0 Å². The van der Waals surface area contributed by atoms with Crippen molar-refractivity contribution >= 4 is 5.91 Å². The summed E-state index contributed by atoms with van der Waals surface area (Å²) in [6.45, 7) is 5.24. The van der Waals surface area contributed by atoms with Crippen LogP contribution in [-0.4, -0.2) is 37.7 Å². The van der Waals surface area contributed by atoms with Crippen LogP contribution in [0.5, 0.6) is 0 Å². The zero-order chi connectivity index (χ0) is 12.0. The van der Waals surface area contributed by atoms with Gasteiger partial charge in [0.2, 0.25) is 5.91 Å². The predicted octanol–water partition coefficient (Wildman–Crippen LogP) is 1.06. The quantitative estimate of drug-likeness (QED) is 0.685. The molecule has 1 amide bonds. The molecule has 0 heterocycles. The first kappa shape index (κ1) is 13.5. The van der Waals surface area contributed by atoms with E-state index in [1.807, 2.05) is 6.92 Å². The largest absolute Gasteiger partial charge is 0.377 e. The van der Waals surface area contributed by atoms with Crippen LogP contribution in [0.25, 0.3) is 0 Å². The van der Waals surface area contributed by atoms with Crippen LogP contribution in [-0.2, 0) is 9.53 Å². The van der Waals surface area contributed by atoms with Gasteiger partial charge in [0.05, 0.1) is 12.1 Å². The summed E-state index contributed by atoms with van der Waals surface area (Å²) in [5, 5.41) is 6.10. The molecule has 0 aromatic carbocycles. The molecule has 1 atom stereocenters. The fourth-order valence-corrected chi connectivity index (χ4v) is 1.86. The van der Waals surface area contributed by atoms with Gasteiger partial charge in [-0.1, -0.05) is 6.92 Å². The zero-order valence-electron chi connectivity index (χ0n) is 10.6. The van der Waals surface area contributed by atoms with Crippen molar-refractivity contribution in [3.63, 3.8) is 0 Å². The Morgan fingerprint density at radius 1 is 1.50 bits per heavy atom. The van der Waals surface area contributed by atoms with Gasteiger partial charge in [-0.05, 0) is 32.6 Å². The highest BCUT2D eigenvalue weighted by Crippen LogP contribution is 2.34. The Balaban J connectivity index is 2.12. The Bertz CT molecular complexity index is 222. The second-order valence-corrected chi connectivity index (χ2v) is 4.72. The molecule has 0 aromatic heterocycles. The molecular formula is C12H24N2O2. The van der Waals surface area contributed by atoms with Crippen molar-refractivity contribution in [2.75, 3.05) is 20.2 Å². The van der Waals surface area contributed by atoms with Gasteiger partial charge in [-0.3, -0.25) is 4.79 Å². The van der Waals surface area contributed by atoms with Crippen molar-refractivity contribution in [2.24, 2.45) is 0 Å². The van der Waals surface area contributed by atoms with Gasteiger partial charge in [-0.25, -0.2) is 0 Å². The molecule has 0 bridgehead atoms. The Morgan fingerprint density at radius 3 is 2.62 bits per heavy atom. The van der Waals surface area contributed by atoms with E-state index < -0.39 is 0 Å². The summed E-state index contributed by atoms with van der Waals surface area (Å²) in [5.74, 6) is 0.0694. The van der Waals surface area contributed by atoms with Crippen LogP contribution in [0.1, 0.15) is 39.5 Å². The molecule has 1 saturated carbocycles. The molecule has 1 aliphatic carbocycles. The number of nitrogens with one attached hydrogen (secondary N) is 2. The minimum Gasteiger partial charge on any atom is -0.377 e. The number of hydrogen-bond donors (Lipinski definition) is 2. The summed E-state index contributed by atoms with van der Waals surface area (Å²) < 4.78 is 5.46. The van der Waals surface area contributed by atoms with Crippen LogP contribution in [0.3, 0.4) is 0 Å². The average molecular weight is 228 g/mol. The molecule has 0 radical (unpaired) electrons. The van der Waals surface area contributed by atoms with E-state index in [0.717, 1.165) is 25.8 Å². The minimum absolute atomic E-state index is 0.00332. The molecule has 1 rings (SSSR count). The molecule has 1 fully saturated rings. The third-order valence-corrected chi connectivity index (χ3v) is 3.45. The summed E-state index contributed by atoms with van der Waals surface area (Å²) in [7, 11) is 1.75. The molecule has 1 unspecified atom stereocenters. The van der Waals surface area contributed by atoms with E-state index in [4.69, 9.17) is 4.74 Å². The molecule has 4 heteroatoms. The lowest BCUT2D eigenvalue weighted by molar-refractivity contribution is -0.121. The van der Waals surface area contributed by atoms with Gasteiger partial charge < -0.3 is 15.4 Å². The third kappa shape index (κ3) is 3.76. The van der Waals surface area contributed by atoms with E-state index in [2.05, 4.69) is 17.6 Å². The zero-order valence-corrected chi connectivity index (χ0v) is 10.6. The second kappa shape index (κ2) is 6.21. The lowest BCUT2D eigenvalue weighted by Crippen LogP contribution is -2.50. The first-order valence-corrected chi connectivity index (χ1v) is 6.17. The van der Waals surface area contributed by atoms with Crippen molar-refractivity contribution in [1.29, 1.82) is 0 Å². The van der Waals surface area contributed by atoms with Gasteiger partial charge in [0, 0.05) is 19.7 Å². The summed E-state index contributed by atoms with van der Waals surface area (Å²) in [5.41, 5.74) is -0.00332. The maximum absolute atomic E-state index is 11.5. The number of methoxy groups -OCH3 is 1. The van der Waals surface area contributed by atoms with Gasteiger partial charge in [0.25, 0.3) is 0 Å². The van der Waals surface area contributed by atoms with E-state index in [-0.39, 0.29) is 17.6 Å². The first-order chi connectivity index (χ1) is 7.62. The van der Waals surface area contributed by atoms with Crippen molar-refractivity contribution in [3.05, 3.63) is 0 Å². The molecule has 0 aromatic rings. The Kier molecular flexibility index (Phi) is 5.22. The van der Waals surface area contributed by atoms with Crippen molar-refractivity contribution in [3.8, 4) is 0 Å². The van der Waals surface area contributed by atoms with Crippen molar-refractivity contribution < 1.29 is 9.53 Å². The predicted molar refractivity (Wildman–Crippen MR) is 64.4 cm³/mol. The average Bonchev–Trinajstić information content (AvgIpc) is 2.22. The van der Waals surface area contributed by atoms with Crippen molar-refractivity contribution in [2.45, 2.75) is 51.2 Å². The Labute approximate surface area is 98.1 Å². The maximum atomic E-state index is 11.5. The van der Waals surface area contributed by atoms with Gasteiger partial charge in [-0.15, -0.1) is 0 Å². The highest BCUT2D eigenvalue weighted by atomic mass is 16.5. The van der Waals surface area contributed by atoms with Crippen molar-refractivity contribution in [1.82, 2.24) is 10.6 Å². The molecule has 1 aliphatic rings. The molecule has 94 valence electrons. The van der Waals surface area contributed by atoms with E-state index in [1.165, 1.54) is 6.42 Å². The van der Waals surface area contributed by atoms with E-state index >= 15 is 0 Å². The number of rotatable bonds is 7. The summed E-state index contributed by atoms with van der Waals surface area (Å²) >= 11 is 0. The fraction of sp³-hybridized carbons (Fsp3) is 0.917. The van der Waals surface area contributed by atoms with E-state index in [1.54, 1.807) is 7.11 Å². The lowest BCUT2D eigenvalue weighted by Gasteiger charge is -2.40. The minimum atomic E-state index is -0.00332. The van der Waals surface area contributed by atoms with Crippen LogP contribution in [0, 0.1) is 0 Å². The van der Waals surface area contributed by atoms with Crippen LogP contribution in [0.15, 0.2) is 0 Å². The number of amides is 1. The summed E-state index contributed by atoms with van der Waals surface area (Å²) in [6, 6.07) is 0.259. The topological polar surface area (TPSA) is 50.4 Å².